The fraction of sp³-hybridized carbons (Fsp3) is 0.0667. The number of hydrogen-bond donors (Lipinski definition) is 2. The lowest BCUT2D eigenvalue weighted by Crippen LogP contribution is -2.20. The smallest absolute Gasteiger partial charge is 0.323 e. The number of urea groups is 1. The molecule has 21 heavy (non-hydrogen) atoms. The first kappa shape index (κ1) is 14.9. The molecule has 0 saturated heterocycles. The van der Waals surface area contributed by atoms with Crippen LogP contribution in [0.2, 0.25) is 0 Å². The van der Waals surface area contributed by atoms with Crippen LogP contribution >= 0.6 is 15.9 Å². The Hall–Kier alpha value is -2.52. The van der Waals surface area contributed by atoms with Gasteiger partial charge < -0.3 is 15.4 Å². The van der Waals surface area contributed by atoms with Crippen molar-refractivity contribution < 1.29 is 9.53 Å². The summed E-state index contributed by atoms with van der Waals surface area (Å²) in [5, 5.41) is 14.3. The minimum atomic E-state index is -0.422. The summed E-state index contributed by atoms with van der Waals surface area (Å²) in [5.74, 6) is 0.708. The lowest BCUT2D eigenvalue weighted by Gasteiger charge is -2.09. The van der Waals surface area contributed by atoms with Crippen LogP contribution in [-0.2, 0) is 0 Å². The Bertz CT molecular complexity index is 693. The molecule has 2 aromatic rings. The number of methoxy groups -OCH3 is 1. The third kappa shape index (κ3) is 3.97. The summed E-state index contributed by atoms with van der Waals surface area (Å²) >= 11 is 3.30. The number of halogens is 1. The van der Waals surface area contributed by atoms with E-state index in [1.54, 1.807) is 49.6 Å². The molecule has 0 saturated carbocycles. The minimum Gasteiger partial charge on any atom is -0.497 e. The Morgan fingerprint density at radius 2 is 1.90 bits per heavy atom. The first-order valence-electron chi connectivity index (χ1n) is 6.04. The summed E-state index contributed by atoms with van der Waals surface area (Å²) in [4.78, 5) is 11.9. The van der Waals surface area contributed by atoms with E-state index in [0.29, 0.717) is 22.7 Å². The monoisotopic (exact) mass is 345 g/mol. The molecule has 0 aliphatic rings. The molecule has 0 fully saturated rings. The van der Waals surface area contributed by atoms with Crippen LogP contribution in [0.25, 0.3) is 0 Å². The van der Waals surface area contributed by atoms with Gasteiger partial charge in [0.1, 0.15) is 11.8 Å². The van der Waals surface area contributed by atoms with Gasteiger partial charge in [0.25, 0.3) is 0 Å². The molecule has 0 unspecified atom stereocenters. The fourth-order valence-corrected chi connectivity index (χ4v) is 2.04. The molecule has 2 rings (SSSR count). The zero-order valence-corrected chi connectivity index (χ0v) is 12.8. The summed E-state index contributed by atoms with van der Waals surface area (Å²) in [6.07, 6.45) is 0. The van der Waals surface area contributed by atoms with Crippen LogP contribution in [-0.4, -0.2) is 13.1 Å². The Labute approximate surface area is 130 Å². The van der Waals surface area contributed by atoms with Crippen molar-refractivity contribution in [2.75, 3.05) is 17.7 Å². The van der Waals surface area contributed by atoms with Gasteiger partial charge in [-0.3, -0.25) is 0 Å². The number of carbonyl (C=O) groups excluding carboxylic acids is 1. The third-order valence-corrected chi connectivity index (χ3v) is 3.19. The van der Waals surface area contributed by atoms with Crippen molar-refractivity contribution in [2.24, 2.45) is 0 Å². The Morgan fingerprint density at radius 3 is 2.52 bits per heavy atom. The quantitative estimate of drug-likeness (QED) is 0.883. The van der Waals surface area contributed by atoms with Gasteiger partial charge in [0, 0.05) is 10.2 Å². The van der Waals surface area contributed by atoms with Crippen molar-refractivity contribution in [2.45, 2.75) is 0 Å². The number of rotatable bonds is 3. The number of amides is 2. The van der Waals surface area contributed by atoms with Crippen LogP contribution in [0, 0.1) is 11.3 Å². The molecule has 106 valence electrons. The molecule has 0 spiro atoms. The van der Waals surface area contributed by atoms with Crippen LogP contribution in [0.3, 0.4) is 0 Å². The van der Waals surface area contributed by atoms with Gasteiger partial charge in [-0.15, -0.1) is 0 Å². The average molecular weight is 346 g/mol. The molecular formula is C15H12BrN3O2. The highest BCUT2D eigenvalue weighted by Gasteiger charge is 2.07. The molecule has 0 aliphatic heterocycles. The van der Waals surface area contributed by atoms with Crippen LogP contribution in [0.1, 0.15) is 5.56 Å². The lowest BCUT2D eigenvalue weighted by atomic mass is 10.2. The van der Waals surface area contributed by atoms with Crippen molar-refractivity contribution in [3.63, 3.8) is 0 Å². The highest BCUT2D eigenvalue weighted by molar-refractivity contribution is 9.10. The van der Waals surface area contributed by atoms with Gasteiger partial charge in [-0.1, -0.05) is 15.9 Å². The summed E-state index contributed by atoms with van der Waals surface area (Å²) in [7, 11) is 1.58. The molecule has 0 bridgehead atoms. The van der Waals surface area contributed by atoms with Gasteiger partial charge in [-0.2, -0.15) is 5.26 Å². The van der Waals surface area contributed by atoms with Crippen LogP contribution in [0.5, 0.6) is 5.75 Å². The number of nitrogens with zero attached hydrogens (tertiary/aromatic N) is 1. The molecule has 0 radical (unpaired) electrons. The van der Waals surface area contributed by atoms with Crippen LogP contribution in [0.4, 0.5) is 16.2 Å². The van der Waals surface area contributed by atoms with E-state index in [2.05, 4.69) is 26.6 Å². The molecular weight excluding hydrogens is 334 g/mol. The largest absolute Gasteiger partial charge is 0.497 e. The Morgan fingerprint density at radius 1 is 1.19 bits per heavy atom. The molecule has 0 atom stereocenters. The first-order valence-corrected chi connectivity index (χ1v) is 6.83. The maximum atomic E-state index is 11.9. The van der Waals surface area contributed by atoms with E-state index in [1.165, 1.54) is 0 Å². The third-order valence-electron chi connectivity index (χ3n) is 2.70. The molecule has 0 heterocycles. The number of hydrogen-bond acceptors (Lipinski definition) is 3. The first-order chi connectivity index (χ1) is 10.1. The van der Waals surface area contributed by atoms with Gasteiger partial charge >= 0.3 is 6.03 Å². The summed E-state index contributed by atoms with van der Waals surface area (Å²) in [5.41, 5.74) is 1.46. The SMILES string of the molecule is COc1ccc(NC(=O)Nc2cc(Br)ccc2C#N)cc1. The minimum absolute atomic E-state index is 0.392. The second-order valence-electron chi connectivity index (χ2n) is 4.11. The summed E-state index contributed by atoms with van der Waals surface area (Å²) in [6, 6.07) is 13.6. The maximum Gasteiger partial charge on any atom is 0.323 e. The topological polar surface area (TPSA) is 74.2 Å². The number of benzene rings is 2. The number of anilines is 2. The molecule has 2 amide bonds. The Balaban J connectivity index is 2.08. The fourth-order valence-electron chi connectivity index (χ4n) is 1.68. The molecule has 2 N–H and O–H groups in total. The molecule has 2 aromatic carbocycles. The van der Waals surface area contributed by atoms with Crippen molar-refractivity contribution in [3.05, 3.63) is 52.5 Å². The highest BCUT2D eigenvalue weighted by Crippen LogP contribution is 2.21. The number of ether oxygens (including phenoxy) is 1. The van der Waals surface area contributed by atoms with Crippen LogP contribution in [0.15, 0.2) is 46.9 Å². The van der Waals surface area contributed by atoms with Crippen LogP contribution < -0.4 is 15.4 Å². The number of nitrogens with one attached hydrogen (secondary N) is 2. The van der Waals surface area contributed by atoms with E-state index < -0.39 is 6.03 Å². The number of carbonyl (C=O) groups is 1. The van der Waals surface area contributed by atoms with Crippen molar-refractivity contribution in [3.8, 4) is 11.8 Å². The zero-order chi connectivity index (χ0) is 15.2. The Kier molecular flexibility index (Phi) is 4.80. The van der Waals surface area contributed by atoms with E-state index in [9.17, 15) is 4.79 Å². The number of nitriles is 1. The zero-order valence-electron chi connectivity index (χ0n) is 11.2. The van der Waals surface area contributed by atoms with E-state index in [-0.39, 0.29) is 0 Å². The molecule has 0 aliphatic carbocycles. The van der Waals surface area contributed by atoms with Gasteiger partial charge in [0.15, 0.2) is 0 Å². The predicted octanol–water partition coefficient (Wildman–Crippen LogP) is 3.97. The van der Waals surface area contributed by atoms with E-state index in [1.807, 2.05) is 6.07 Å². The van der Waals surface area contributed by atoms with Crippen molar-refractivity contribution in [1.29, 1.82) is 5.26 Å². The van der Waals surface area contributed by atoms with Gasteiger partial charge in [-0.25, -0.2) is 4.79 Å². The molecule has 5 nitrogen and oxygen atoms in total. The molecule has 6 heteroatoms. The van der Waals surface area contributed by atoms with Gasteiger partial charge in [0.2, 0.25) is 0 Å². The van der Waals surface area contributed by atoms with E-state index >= 15 is 0 Å². The van der Waals surface area contributed by atoms with Crippen molar-refractivity contribution >= 4 is 33.3 Å². The second kappa shape index (κ2) is 6.77. The second-order valence-corrected chi connectivity index (χ2v) is 5.03. The highest BCUT2D eigenvalue weighted by atomic mass is 79.9. The summed E-state index contributed by atoms with van der Waals surface area (Å²) < 4.78 is 5.82. The normalized spacial score (nSPS) is 9.57. The standard InChI is InChI=1S/C15H12BrN3O2/c1-21-13-6-4-12(5-7-13)18-15(20)19-14-8-11(16)3-2-10(14)9-17/h2-8H,1H3,(H2,18,19,20). The van der Waals surface area contributed by atoms with Gasteiger partial charge in [-0.05, 0) is 42.5 Å². The molecule has 0 aromatic heterocycles. The van der Waals surface area contributed by atoms with E-state index in [4.69, 9.17) is 10.00 Å². The lowest BCUT2D eigenvalue weighted by molar-refractivity contribution is 0.262. The predicted molar refractivity (Wildman–Crippen MR) is 84.5 cm³/mol. The summed E-state index contributed by atoms with van der Waals surface area (Å²) in [6.45, 7) is 0. The van der Waals surface area contributed by atoms with Crippen molar-refractivity contribution in [1.82, 2.24) is 0 Å². The average Bonchev–Trinajstić information content (AvgIpc) is 2.48. The van der Waals surface area contributed by atoms with E-state index in [0.717, 1.165) is 4.47 Å². The maximum absolute atomic E-state index is 11.9. The van der Waals surface area contributed by atoms with Gasteiger partial charge in [0.05, 0.1) is 18.4 Å².